The van der Waals surface area contributed by atoms with Crippen LogP contribution in [0.5, 0.6) is 11.5 Å². The summed E-state index contributed by atoms with van der Waals surface area (Å²) in [4.78, 5) is 0. The molecular formula is C16H15BrClNO2. The topological polar surface area (TPSA) is 42.2 Å². The van der Waals surface area contributed by atoms with E-state index >= 15 is 0 Å². The SMILES string of the molecule is CCOc1ccc(Br)cc1.N#CCOc1ccc(Cl)cc1. The van der Waals surface area contributed by atoms with Crippen LogP contribution in [0.25, 0.3) is 0 Å². The molecule has 0 atom stereocenters. The Morgan fingerprint density at radius 2 is 1.52 bits per heavy atom. The van der Waals surface area contributed by atoms with Gasteiger partial charge in [0.1, 0.15) is 17.6 Å². The molecule has 0 N–H and O–H groups in total. The Hall–Kier alpha value is -1.70. The highest BCUT2D eigenvalue weighted by Gasteiger charge is 1.91. The van der Waals surface area contributed by atoms with Crippen LogP contribution in [-0.4, -0.2) is 13.2 Å². The van der Waals surface area contributed by atoms with Gasteiger partial charge in [0.05, 0.1) is 6.61 Å². The van der Waals surface area contributed by atoms with Crippen molar-refractivity contribution in [2.75, 3.05) is 13.2 Å². The van der Waals surface area contributed by atoms with Crippen molar-refractivity contribution in [3.05, 3.63) is 58.0 Å². The fourth-order valence-electron chi connectivity index (χ4n) is 1.34. The van der Waals surface area contributed by atoms with Gasteiger partial charge in [0.2, 0.25) is 0 Å². The molecule has 0 aliphatic heterocycles. The van der Waals surface area contributed by atoms with Gasteiger partial charge in [-0.25, -0.2) is 0 Å². The van der Waals surface area contributed by atoms with Crippen molar-refractivity contribution in [1.82, 2.24) is 0 Å². The lowest BCUT2D eigenvalue weighted by Gasteiger charge is -2.00. The van der Waals surface area contributed by atoms with E-state index in [0.29, 0.717) is 10.8 Å². The molecule has 0 aromatic heterocycles. The van der Waals surface area contributed by atoms with Gasteiger partial charge in [0, 0.05) is 9.50 Å². The van der Waals surface area contributed by atoms with E-state index in [2.05, 4.69) is 15.9 Å². The van der Waals surface area contributed by atoms with Crippen molar-refractivity contribution in [3.8, 4) is 17.6 Å². The molecule has 2 aromatic rings. The molecule has 0 fully saturated rings. The van der Waals surface area contributed by atoms with E-state index in [1.165, 1.54) is 0 Å². The quantitative estimate of drug-likeness (QED) is 0.755. The molecular weight excluding hydrogens is 354 g/mol. The first-order valence-electron chi connectivity index (χ1n) is 6.29. The number of nitrogens with zero attached hydrogens (tertiary/aromatic N) is 1. The molecule has 3 nitrogen and oxygen atoms in total. The molecule has 0 saturated carbocycles. The number of nitriles is 1. The summed E-state index contributed by atoms with van der Waals surface area (Å²) in [5.74, 6) is 1.58. The van der Waals surface area contributed by atoms with Gasteiger partial charge < -0.3 is 9.47 Å². The van der Waals surface area contributed by atoms with E-state index < -0.39 is 0 Å². The van der Waals surface area contributed by atoms with Crippen molar-refractivity contribution in [1.29, 1.82) is 5.26 Å². The summed E-state index contributed by atoms with van der Waals surface area (Å²) in [7, 11) is 0. The first-order valence-corrected chi connectivity index (χ1v) is 7.46. The molecule has 2 aromatic carbocycles. The second-order valence-corrected chi connectivity index (χ2v) is 5.14. The lowest BCUT2D eigenvalue weighted by Crippen LogP contribution is -1.92. The van der Waals surface area contributed by atoms with Crippen LogP contribution in [0, 0.1) is 11.3 Å². The standard InChI is InChI=1S/C8H9BrO.C8H6ClNO/c1-2-10-8-5-3-7(9)4-6-8;9-7-1-3-8(4-2-7)11-6-5-10/h3-6H,2H2,1H3;1-4H,6H2. The third-order valence-corrected chi connectivity index (χ3v) is 3.02. The molecule has 2 rings (SSSR count). The number of rotatable bonds is 4. The van der Waals surface area contributed by atoms with Crippen molar-refractivity contribution in [2.24, 2.45) is 0 Å². The van der Waals surface area contributed by atoms with Crippen LogP contribution in [0.1, 0.15) is 6.92 Å². The first kappa shape index (κ1) is 17.4. The van der Waals surface area contributed by atoms with Gasteiger partial charge in [-0.05, 0) is 55.5 Å². The Kier molecular flexibility index (Phi) is 8.34. The predicted octanol–water partition coefficient (Wildman–Crippen LogP) is 5.09. The molecule has 0 heterocycles. The second kappa shape index (κ2) is 10.1. The van der Waals surface area contributed by atoms with Gasteiger partial charge in [-0.1, -0.05) is 27.5 Å². The zero-order chi connectivity index (χ0) is 15.5. The number of hydrogen-bond donors (Lipinski definition) is 0. The summed E-state index contributed by atoms with van der Waals surface area (Å²) in [5.41, 5.74) is 0. The summed E-state index contributed by atoms with van der Waals surface area (Å²) in [6, 6.07) is 16.6. The molecule has 0 bridgehead atoms. The minimum absolute atomic E-state index is 0.0711. The molecule has 0 unspecified atom stereocenters. The average molecular weight is 369 g/mol. The van der Waals surface area contributed by atoms with Crippen molar-refractivity contribution >= 4 is 27.5 Å². The van der Waals surface area contributed by atoms with E-state index in [0.717, 1.165) is 16.8 Å². The van der Waals surface area contributed by atoms with Crippen molar-refractivity contribution < 1.29 is 9.47 Å². The van der Waals surface area contributed by atoms with Crippen LogP contribution in [0.3, 0.4) is 0 Å². The molecule has 0 spiro atoms. The van der Waals surface area contributed by atoms with Gasteiger partial charge >= 0.3 is 0 Å². The molecule has 0 saturated heterocycles. The maximum atomic E-state index is 8.18. The molecule has 5 heteroatoms. The van der Waals surface area contributed by atoms with Crippen LogP contribution in [0.2, 0.25) is 5.02 Å². The van der Waals surface area contributed by atoms with Crippen LogP contribution in [0.15, 0.2) is 53.0 Å². The Morgan fingerprint density at radius 3 is 2.05 bits per heavy atom. The summed E-state index contributed by atoms with van der Waals surface area (Å²) >= 11 is 8.97. The lowest BCUT2D eigenvalue weighted by atomic mass is 10.3. The number of hydrogen-bond acceptors (Lipinski definition) is 3. The van der Waals surface area contributed by atoms with E-state index in [1.807, 2.05) is 37.3 Å². The number of ether oxygens (including phenoxy) is 2. The summed E-state index contributed by atoms with van der Waals surface area (Å²) in [5, 5.41) is 8.84. The first-order chi connectivity index (χ1) is 10.2. The second-order valence-electron chi connectivity index (χ2n) is 3.79. The van der Waals surface area contributed by atoms with E-state index in [4.69, 9.17) is 26.3 Å². The van der Waals surface area contributed by atoms with E-state index in [9.17, 15) is 0 Å². The highest BCUT2D eigenvalue weighted by Crippen LogP contribution is 2.16. The minimum atomic E-state index is 0.0711. The van der Waals surface area contributed by atoms with Gasteiger partial charge in [-0.2, -0.15) is 5.26 Å². The molecule has 0 aliphatic rings. The molecule has 0 aliphatic carbocycles. The molecule has 0 radical (unpaired) electrons. The predicted molar refractivity (Wildman–Crippen MR) is 87.9 cm³/mol. The minimum Gasteiger partial charge on any atom is -0.494 e. The highest BCUT2D eigenvalue weighted by molar-refractivity contribution is 9.10. The normalized spacial score (nSPS) is 9.05. The Morgan fingerprint density at radius 1 is 1.00 bits per heavy atom. The van der Waals surface area contributed by atoms with Gasteiger partial charge in [0.25, 0.3) is 0 Å². The largest absolute Gasteiger partial charge is 0.494 e. The van der Waals surface area contributed by atoms with Gasteiger partial charge in [-0.15, -0.1) is 0 Å². The number of halogens is 2. The fourth-order valence-corrected chi connectivity index (χ4v) is 1.73. The summed E-state index contributed by atoms with van der Waals surface area (Å²) in [6.45, 7) is 2.77. The smallest absolute Gasteiger partial charge is 0.174 e. The van der Waals surface area contributed by atoms with Crippen LogP contribution >= 0.6 is 27.5 Å². The van der Waals surface area contributed by atoms with E-state index in [1.54, 1.807) is 24.3 Å². The fraction of sp³-hybridized carbons (Fsp3) is 0.188. The zero-order valence-electron chi connectivity index (χ0n) is 11.6. The zero-order valence-corrected chi connectivity index (χ0v) is 13.9. The van der Waals surface area contributed by atoms with Gasteiger partial charge in [-0.3, -0.25) is 0 Å². The van der Waals surface area contributed by atoms with Crippen LogP contribution in [0.4, 0.5) is 0 Å². The van der Waals surface area contributed by atoms with Gasteiger partial charge in [0.15, 0.2) is 6.61 Å². The monoisotopic (exact) mass is 367 g/mol. The maximum Gasteiger partial charge on any atom is 0.174 e. The lowest BCUT2D eigenvalue weighted by molar-refractivity contribution is 0.340. The van der Waals surface area contributed by atoms with Crippen molar-refractivity contribution in [2.45, 2.75) is 6.92 Å². The highest BCUT2D eigenvalue weighted by atomic mass is 79.9. The molecule has 110 valence electrons. The molecule has 0 amide bonds. The van der Waals surface area contributed by atoms with Crippen LogP contribution < -0.4 is 9.47 Å². The van der Waals surface area contributed by atoms with Crippen molar-refractivity contribution in [3.63, 3.8) is 0 Å². The maximum absolute atomic E-state index is 8.18. The Labute approximate surface area is 138 Å². The number of benzene rings is 2. The Bertz CT molecular complexity index is 564. The summed E-state index contributed by atoms with van der Waals surface area (Å²) in [6.07, 6.45) is 0. The van der Waals surface area contributed by atoms with Crippen LogP contribution in [-0.2, 0) is 0 Å². The summed E-state index contributed by atoms with van der Waals surface area (Å²) < 4.78 is 11.3. The average Bonchev–Trinajstić information content (AvgIpc) is 2.50. The molecule has 21 heavy (non-hydrogen) atoms. The third kappa shape index (κ3) is 7.60. The third-order valence-electron chi connectivity index (χ3n) is 2.24. The van der Waals surface area contributed by atoms with E-state index in [-0.39, 0.29) is 6.61 Å². The Balaban J connectivity index is 0.000000211.